The maximum atomic E-state index is 12.3. The van der Waals surface area contributed by atoms with Crippen molar-refractivity contribution in [1.29, 1.82) is 0 Å². The van der Waals surface area contributed by atoms with Gasteiger partial charge in [0.15, 0.2) is 11.5 Å². The van der Waals surface area contributed by atoms with E-state index < -0.39 is 0 Å². The number of methoxy groups -OCH3 is 2. The number of hydrogen-bond acceptors (Lipinski definition) is 4. The number of amides is 1. The number of benzene rings is 3. The van der Waals surface area contributed by atoms with Crippen LogP contribution in [0.15, 0.2) is 66.7 Å². The van der Waals surface area contributed by atoms with Gasteiger partial charge in [0, 0.05) is 17.1 Å². The fourth-order valence-electron chi connectivity index (χ4n) is 2.82. The van der Waals surface area contributed by atoms with Gasteiger partial charge in [0.2, 0.25) is 5.91 Å². The Labute approximate surface area is 165 Å². The predicted octanol–water partition coefficient (Wildman–Crippen LogP) is 4.94. The summed E-state index contributed by atoms with van der Waals surface area (Å²) in [6, 6.07) is 21.3. The first-order valence-electron chi connectivity index (χ1n) is 9.02. The maximum Gasteiger partial charge on any atom is 0.228 e. The zero-order chi connectivity index (χ0) is 19.9. The largest absolute Gasteiger partial charge is 0.493 e. The molecule has 0 aliphatic heterocycles. The highest BCUT2D eigenvalue weighted by molar-refractivity contribution is 5.92. The second kappa shape index (κ2) is 8.95. The molecule has 0 radical (unpaired) electrons. The first kappa shape index (κ1) is 19.3. The Morgan fingerprint density at radius 2 is 1.36 bits per heavy atom. The number of hydrogen-bond donors (Lipinski definition) is 2. The molecule has 0 aliphatic rings. The number of aryl methyl sites for hydroxylation is 1. The molecule has 3 aromatic rings. The summed E-state index contributed by atoms with van der Waals surface area (Å²) in [5, 5.41) is 6.25. The van der Waals surface area contributed by atoms with Gasteiger partial charge in [-0.25, -0.2) is 0 Å². The Balaban J connectivity index is 1.59. The molecule has 144 valence electrons. The Morgan fingerprint density at radius 3 is 1.96 bits per heavy atom. The van der Waals surface area contributed by atoms with Crippen molar-refractivity contribution in [2.75, 3.05) is 24.9 Å². The second-order valence-electron chi connectivity index (χ2n) is 6.48. The fourth-order valence-corrected chi connectivity index (χ4v) is 2.82. The maximum absolute atomic E-state index is 12.3. The van der Waals surface area contributed by atoms with E-state index in [0.717, 1.165) is 22.6 Å². The van der Waals surface area contributed by atoms with Crippen molar-refractivity contribution in [3.05, 3.63) is 77.9 Å². The molecule has 0 heterocycles. The molecule has 2 N–H and O–H groups in total. The molecule has 0 unspecified atom stereocenters. The zero-order valence-corrected chi connectivity index (χ0v) is 16.3. The number of carbonyl (C=O) groups is 1. The summed E-state index contributed by atoms with van der Waals surface area (Å²) in [6.07, 6.45) is 0.254. The molecule has 0 saturated heterocycles. The summed E-state index contributed by atoms with van der Waals surface area (Å²) in [4.78, 5) is 12.3. The van der Waals surface area contributed by atoms with Crippen LogP contribution in [0.3, 0.4) is 0 Å². The minimum absolute atomic E-state index is 0.0912. The molecule has 1 amide bonds. The normalized spacial score (nSPS) is 10.2. The Bertz CT molecular complexity index is 935. The number of rotatable bonds is 7. The standard InChI is InChI=1S/C23H24N2O3/c1-16-4-7-18(8-5-16)24-19-9-11-20(12-10-19)25-23(26)15-17-6-13-21(27-2)22(14-17)28-3/h4-14,24H,15H2,1-3H3,(H,25,26). The van der Waals surface area contributed by atoms with Crippen LogP contribution in [-0.2, 0) is 11.2 Å². The van der Waals surface area contributed by atoms with E-state index in [4.69, 9.17) is 9.47 Å². The average Bonchev–Trinajstić information content (AvgIpc) is 2.71. The molecule has 5 nitrogen and oxygen atoms in total. The number of ether oxygens (including phenoxy) is 2. The van der Waals surface area contributed by atoms with Crippen LogP contribution in [0.5, 0.6) is 11.5 Å². The Kier molecular flexibility index (Phi) is 6.17. The van der Waals surface area contributed by atoms with E-state index in [9.17, 15) is 4.79 Å². The smallest absolute Gasteiger partial charge is 0.228 e. The summed E-state index contributed by atoms with van der Waals surface area (Å²) < 4.78 is 10.5. The van der Waals surface area contributed by atoms with Crippen LogP contribution in [0.1, 0.15) is 11.1 Å². The third-order valence-corrected chi connectivity index (χ3v) is 4.32. The summed E-state index contributed by atoms with van der Waals surface area (Å²) in [7, 11) is 3.16. The second-order valence-corrected chi connectivity index (χ2v) is 6.48. The fraction of sp³-hybridized carbons (Fsp3) is 0.174. The van der Waals surface area contributed by atoms with E-state index in [2.05, 4.69) is 29.7 Å². The summed E-state index contributed by atoms with van der Waals surface area (Å²) in [5.74, 6) is 1.16. The third-order valence-electron chi connectivity index (χ3n) is 4.32. The Morgan fingerprint density at radius 1 is 0.786 bits per heavy atom. The van der Waals surface area contributed by atoms with E-state index in [1.54, 1.807) is 20.3 Å². The molecular weight excluding hydrogens is 352 g/mol. The molecule has 28 heavy (non-hydrogen) atoms. The Hall–Kier alpha value is -3.47. The molecule has 0 saturated carbocycles. The number of nitrogens with one attached hydrogen (secondary N) is 2. The van der Waals surface area contributed by atoms with Gasteiger partial charge in [-0.2, -0.15) is 0 Å². The van der Waals surface area contributed by atoms with Crippen LogP contribution in [0.4, 0.5) is 17.1 Å². The van der Waals surface area contributed by atoms with Crippen molar-refractivity contribution >= 4 is 23.0 Å². The molecule has 0 atom stereocenters. The summed E-state index contributed by atoms with van der Waals surface area (Å²) >= 11 is 0. The molecule has 0 aliphatic carbocycles. The van der Waals surface area contributed by atoms with Crippen LogP contribution >= 0.6 is 0 Å². The van der Waals surface area contributed by atoms with Crippen LogP contribution in [-0.4, -0.2) is 20.1 Å². The van der Waals surface area contributed by atoms with Gasteiger partial charge in [0.25, 0.3) is 0 Å². The number of anilines is 3. The van der Waals surface area contributed by atoms with E-state index in [-0.39, 0.29) is 12.3 Å². The lowest BCUT2D eigenvalue weighted by Gasteiger charge is -2.11. The monoisotopic (exact) mass is 376 g/mol. The first-order valence-corrected chi connectivity index (χ1v) is 9.02. The zero-order valence-electron chi connectivity index (χ0n) is 16.3. The van der Waals surface area contributed by atoms with Gasteiger partial charge in [-0.1, -0.05) is 23.8 Å². The predicted molar refractivity (Wildman–Crippen MR) is 113 cm³/mol. The van der Waals surface area contributed by atoms with Gasteiger partial charge in [-0.3, -0.25) is 4.79 Å². The number of carbonyl (C=O) groups excluding carboxylic acids is 1. The van der Waals surface area contributed by atoms with Gasteiger partial charge >= 0.3 is 0 Å². The van der Waals surface area contributed by atoms with Crippen molar-refractivity contribution in [2.24, 2.45) is 0 Å². The molecule has 3 rings (SSSR count). The molecule has 3 aromatic carbocycles. The molecule has 0 spiro atoms. The van der Waals surface area contributed by atoms with Crippen LogP contribution in [0.2, 0.25) is 0 Å². The highest BCUT2D eigenvalue weighted by atomic mass is 16.5. The first-order chi connectivity index (χ1) is 13.6. The van der Waals surface area contributed by atoms with Crippen molar-refractivity contribution < 1.29 is 14.3 Å². The molecule has 0 bridgehead atoms. The van der Waals surface area contributed by atoms with Gasteiger partial charge in [-0.15, -0.1) is 0 Å². The van der Waals surface area contributed by atoms with E-state index in [1.165, 1.54) is 5.56 Å². The molecule has 0 aromatic heterocycles. The van der Waals surface area contributed by atoms with Gasteiger partial charge in [-0.05, 0) is 61.0 Å². The van der Waals surface area contributed by atoms with Crippen molar-refractivity contribution in [3.8, 4) is 11.5 Å². The van der Waals surface area contributed by atoms with Gasteiger partial charge in [0.1, 0.15) is 0 Å². The van der Waals surface area contributed by atoms with E-state index in [0.29, 0.717) is 11.5 Å². The lowest BCUT2D eigenvalue weighted by atomic mass is 10.1. The van der Waals surface area contributed by atoms with Gasteiger partial charge < -0.3 is 20.1 Å². The van der Waals surface area contributed by atoms with E-state index >= 15 is 0 Å². The average molecular weight is 376 g/mol. The van der Waals surface area contributed by atoms with Crippen molar-refractivity contribution in [3.63, 3.8) is 0 Å². The van der Waals surface area contributed by atoms with Crippen molar-refractivity contribution in [1.82, 2.24) is 0 Å². The van der Waals surface area contributed by atoms with Gasteiger partial charge in [0.05, 0.1) is 20.6 Å². The SMILES string of the molecule is COc1ccc(CC(=O)Nc2ccc(Nc3ccc(C)cc3)cc2)cc1OC. The van der Waals surface area contributed by atoms with Crippen molar-refractivity contribution in [2.45, 2.75) is 13.3 Å². The minimum atomic E-state index is -0.0912. The minimum Gasteiger partial charge on any atom is -0.493 e. The topological polar surface area (TPSA) is 59.6 Å². The lowest BCUT2D eigenvalue weighted by Crippen LogP contribution is -2.14. The van der Waals surface area contributed by atoms with E-state index in [1.807, 2.05) is 48.5 Å². The molecule has 5 heteroatoms. The lowest BCUT2D eigenvalue weighted by molar-refractivity contribution is -0.115. The summed E-state index contributed by atoms with van der Waals surface area (Å²) in [6.45, 7) is 2.06. The van der Waals surface area contributed by atoms with Crippen LogP contribution in [0.25, 0.3) is 0 Å². The highest BCUT2D eigenvalue weighted by Crippen LogP contribution is 2.28. The van der Waals surface area contributed by atoms with Crippen LogP contribution < -0.4 is 20.1 Å². The quantitative estimate of drug-likeness (QED) is 0.613. The highest BCUT2D eigenvalue weighted by Gasteiger charge is 2.09. The summed E-state index contributed by atoms with van der Waals surface area (Å²) in [5.41, 5.74) is 4.81. The molecular formula is C23H24N2O3. The van der Waals surface area contributed by atoms with Crippen LogP contribution in [0, 0.1) is 6.92 Å². The molecule has 0 fully saturated rings. The third kappa shape index (κ3) is 5.04.